The molecule has 0 unspecified atom stereocenters. The van der Waals surface area contributed by atoms with Crippen molar-refractivity contribution in [2.24, 2.45) is 0 Å². The van der Waals surface area contributed by atoms with Gasteiger partial charge in [0.05, 0.1) is 0 Å². The lowest BCUT2D eigenvalue weighted by molar-refractivity contribution is -0.137. The molecule has 4 rings (SSSR count). The smallest absolute Gasteiger partial charge is 0.260 e. The normalized spacial score (nSPS) is 18.8. The number of rotatable bonds is 6. The fraction of sp³-hybridized carbons (Fsp3) is 0.440. The van der Waals surface area contributed by atoms with Crippen LogP contribution in [0, 0.1) is 0 Å². The first-order valence-electron chi connectivity index (χ1n) is 11.0. The maximum absolute atomic E-state index is 13.0. The van der Waals surface area contributed by atoms with E-state index in [1.54, 1.807) is 0 Å². The predicted molar refractivity (Wildman–Crippen MR) is 116 cm³/mol. The van der Waals surface area contributed by atoms with E-state index < -0.39 is 0 Å². The van der Waals surface area contributed by atoms with Crippen LogP contribution in [0.15, 0.2) is 48.5 Å². The minimum Gasteiger partial charge on any atom is -0.483 e. The van der Waals surface area contributed by atoms with Gasteiger partial charge in [0.2, 0.25) is 0 Å². The molecule has 0 aromatic heterocycles. The van der Waals surface area contributed by atoms with Crippen molar-refractivity contribution in [3.05, 3.63) is 65.2 Å². The number of fused-ring (bicyclic) bond motifs is 1. The minimum atomic E-state index is 0.0268. The van der Waals surface area contributed by atoms with Crippen molar-refractivity contribution in [2.45, 2.75) is 51.6 Å². The summed E-state index contributed by atoms with van der Waals surface area (Å²) in [6.07, 6.45) is 5.05. The SMILES string of the molecule is CC[C@@H]1CCCCN1C(=O)COc1cccc2c1CCN(Cc1ccccc1)C2=O. The molecule has 5 heteroatoms. The highest BCUT2D eigenvalue weighted by Crippen LogP contribution is 2.29. The standard InChI is InChI=1S/C25H30N2O3/c1-2-20-11-6-7-15-27(20)24(28)18-30-23-13-8-12-22-21(23)14-16-26(25(22)29)17-19-9-4-3-5-10-19/h3-5,8-10,12-13,20H,2,6-7,11,14-18H2,1H3/t20-/m1/s1. The summed E-state index contributed by atoms with van der Waals surface area (Å²) in [5.41, 5.74) is 2.73. The first-order valence-corrected chi connectivity index (χ1v) is 11.0. The van der Waals surface area contributed by atoms with Gasteiger partial charge in [-0.25, -0.2) is 0 Å². The van der Waals surface area contributed by atoms with Gasteiger partial charge < -0.3 is 14.5 Å². The first kappa shape index (κ1) is 20.5. The third-order valence-corrected chi connectivity index (χ3v) is 6.27. The van der Waals surface area contributed by atoms with Crippen LogP contribution >= 0.6 is 0 Å². The maximum Gasteiger partial charge on any atom is 0.260 e. The van der Waals surface area contributed by atoms with E-state index in [1.165, 1.54) is 6.42 Å². The number of benzene rings is 2. The molecule has 1 saturated heterocycles. The zero-order valence-corrected chi connectivity index (χ0v) is 17.7. The quantitative estimate of drug-likeness (QED) is 0.727. The lowest BCUT2D eigenvalue weighted by atomic mass is 9.97. The van der Waals surface area contributed by atoms with Crippen molar-refractivity contribution in [3.8, 4) is 5.75 Å². The van der Waals surface area contributed by atoms with E-state index in [9.17, 15) is 9.59 Å². The molecule has 0 N–H and O–H groups in total. The molecule has 1 atom stereocenters. The van der Waals surface area contributed by atoms with Gasteiger partial charge in [0.25, 0.3) is 11.8 Å². The molecule has 2 aromatic rings. The Bertz CT molecular complexity index is 897. The van der Waals surface area contributed by atoms with Crippen molar-refractivity contribution in [1.82, 2.24) is 9.80 Å². The Morgan fingerprint density at radius 1 is 1.07 bits per heavy atom. The van der Waals surface area contributed by atoms with Crippen LogP contribution in [-0.2, 0) is 17.8 Å². The average molecular weight is 407 g/mol. The highest BCUT2D eigenvalue weighted by atomic mass is 16.5. The van der Waals surface area contributed by atoms with Crippen molar-refractivity contribution in [1.29, 1.82) is 0 Å². The van der Waals surface area contributed by atoms with Gasteiger partial charge >= 0.3 is 0 Å². The minimum absolute atomic E-state index is 0.0268. The molecule has 2 amide bonds. The summed E-state index contributed by atoms with van der Waals surface area (Å²) >= 11 is 0. The number of likely N-dealkylation sites (tertiary alicyclic amines) is 1. The lowest BCUT2D eigenvalue weighted by Gasteiger charge is -2.35. The number of hydrogen-bond donors (Lipinski definition) is 0. The van der Waals surface area contributed by atoms with Gasteiger partial charge in [-0.3, -0.25) is 9.59 Å². The number of amides is 2. The van der Waals surface area contributed by atoms with Crippen molar-refractivity contribution < 1.29 is 14.3 Å². The van der Waals surface area contributed by atoms with Crippen LogP contribution in [0.2, 0.25) is 0 Å². The number of ether oxygens (including phenoxy) is 1. The van der Waals surface area contributed by atoms with Gasteiger partial charge in [-0.15, -0.1) is 0 Å². The van der Waals surface area contributed by atoms with Crippen molar-refractivity contribution >= 4 is 11.8 Å². The second-order valence-electron chi connectivity index (χ2n) is 8.18. The van der Waals surface area contributed by atoms with Crippen LogP contribution in [0.4, 0.5) is 0 Å². The monoisotopic (exact) mass is 406 g/mol. The highest BCUT2D eigenvalue weighted by Gasteiger charge is 2.28. The predicted octanol–water partition coefficient (Wildman–Crippen LogP) is 4.06. The number of carbonyl (C=O) groups is 2. The van der Waals surface area contributed by atoms with Crippen LogP contribution in [0.25, 0.3) is 0 Å². The molecule has 2 aliphatic rings. The van der Waals surface area contributed by atoms with Crippen LogP contribution in [0.5, 0.6) is 5.75 Å². The Morgan fingerprint density at radius 3 is 2.70 bits per heavy atom. The van der Waals surface area contributed by atoms with E-state index in [0.717, 1.165) is 43.4 Å². The van der Waals surface area contributed by atoms with Gasteiger partial charge in [-0.1, -0.05) is 43.3 Å². The molecule has 0 bridgehead atoms. The number of hydrogen-bond acceptors (Lipinski definition) is 3. The van der Waals surface area contributed by atoms with Crippen LogP contribution in [0.1, 0.15) is 54.1 Å². The Hall–Kier alpha value is -2.82. The molecule has 2 heterocycles. The van der Waals surface area contributed by atoms with Gasteiger partial charge in [0.15, 0.2) is 6.61 Å². The van der Waals surface area contributed by atoms with Crippen LogP contribution in [-0.4, -0.2) is 47.4 Å². The molecule has 2 aliphatic heterocycles. The van der Waals surface area contributed by atoms with Gasteiger partial charge in [0, 0.05) is 36.8 Å². The maximum atomic E-state index is 13.0. The Balaban J connectivity index is 1.43. The van der Waals surface area contributed by atoms with E-state index in [4.69, 9.17) is 4.74 Å². The van der Waals surface area contributed by atoms with E-state index in [1.807, 2.05) is 58.3 Å². The molecule has 5 nitrogen and oxygen atoms in total. The summed E-state index contributed by atoms with van der Waals surface area (Å²) in [4.78, 5) is 29.6. The van der Waals surface area contributed by atoms with E-state index in [-0.39, 0.29) is 18.4 Å². The topological polar surface area (TPSA) is 49.9 Å². The Morgan fingerprint density at radius 2 is 1.90 bits per heavy atom. The lowest BCUT2D eigenvalue weighted by Crippen LogP contribution is -2.45. The molecule has 2 aromatic carbocycles. The van der Waals surface area contributed by atoms with Crippen LogP contribution < -0.4 is 4.74 Å². The second-order valence-corrected chi connectivity index (χ2v) is 8.18. The Kier molecular flexibility index (Phi) is 6.36. The highest BCUT2D eigenvalue weighted by molar-refractivity contribution is 5.97. The summed E-state index contributed by atoms with van der Waals surface area (Å²) in [5.74, 6) is 0.740. The zero-order valence-electron chi connectivity index (χ0n) is 17.7. The third kappa shape index (κ3) is 4.35. The largest absolute Gasteiger partial charge is 0.483 e. The molecule has 158 valence electrons. The molecular weight excluding hydrogens is 376 g/mol. The van der Waals surface area contributed by atoms with E-state index in [0.29, 0.717) is 30.4 Å². The van der Waals surface area contributed by atoms with Gasteiger partial charge in [0.1, 0.15) is 5.75 Å². The molecule has 0 spiro atoms. The number of carbonyl (C=O) groups excluding carboxylic acids is 2. The summed E-state index contributed by atoms with van der Waals surface area (Å²) < 4.78 is 5.95. The summed E-state index contributed by atoms with van der Waals surface area (Å²) in [5, 5.41) is 0. The average Bonchev–Trinajstić information content (AvgIpc) is 2.80. The molecule has 0 aliphatic carbocycles. The van der Waals surface area contributed by atoms with Crippen LogP contribution in [0.3, 0.4) is 0 Å². The molecular formula is C25H30N2O3. The molecule has 0 saturated carbocycles. The summed E-state index contributed by atoms with van der Waals surface area (Å²) in [6, 6.07) is 16.0. The summed E-state index contributed by atoms with van der Waals surface area (Å²) in [6.45, 7) is 4.25. The fourth-order valence-electron chi connectivity index (χ4n) is 4.61. The Labute approximate surface area is 178 Å². The van der Waals surface area contributed by atoms with Crippen molar-refractivity contribution in [3.63, 3.8) is 0 Å². The van der Waals surface area contributed by atoms with Crippen molar-refractivity contribution in [2.75, 3.05) is 19.7 Å². The van der Waals surface area contributed by atoms with Gasteiger partial charge in [-0.05, 0) is 49.8 Å². The second kappa shape index (κ2) is 9.33. The fourth-order valence-corrected chi connectivity index (χ4v) is 4.61. The number of piperidine rings is 1. The number of nitrogens with zero attached hydrogens (tertiary/aromatic N) is 2. The zero-order chi connectivity index (χ0) is 20.9. The molecule has 1 fully saturated rings. The summed E-state index contributed by atoms with van der Waals surface area (Å²) in [7, 11) is 0. The first-order chi connectivity index (χ1) is 14.7. The molecule has 30 heavy (non-hydrogen) atoms. The molecule has 0 radical (unpaired) electrons. The van der Waals surface area contributed by atoms with Gasteiger partial charge in [-0.2, -0.15) is 0 Å². The van der Waals surface area contributed by atoms with E-state index in [2.05, 4.69) is 6.92 Å². The van der Waals surface area contributed by atoms with E-state index >= 15 is 0 Å². The third-order valence-electron chi connectivity index (χ3n) is 6.27.